The fraction of sp³-hybridized carbons (Fsp3) is 0.286. The van der Waals surface area contributed by atoms with Crippen LogP contribution in [0.3, 0.4) is 0 Å². The van der Waals surface area contributed by atoms with Crippen molar-refractivity contribution >= 4 is 27.5 Å². The summed E-state index contributed by atoms with van der Waals surface area (Å²) in [6.45, 7) is 1.18. The number of likely N-dealkylation sites (N-methyl/N-ethyl adjacent to an activating group) is 1. The highest BCUT2D eigenvalue weighted by atomic mass is 32.1. The van der Waals surface area contributed by atoms with Gasteiger partial charge in [-0.15, -0.1) is 17.8 Å². The van der Waals surface area contributed by atoms with Gasteiger partial charge in [-0.25, -0.2) is 4.98 Å². The molecule has 1 amide bonds. The molecule has 1 N–H and O–H groups in total. The van der Waals surface area contributed by atoms with Crippen molar-refractivity contribution in [2.75, 3.05) is 20.1 Å². The van der Waals surface area contributed by atoms with E-state index in [9.17, 15) is 4.79 Å². The Morgan fingerprint density at radius 2 is 2.32 bits per heavy atom. The number of carbonyl (C=O) groups is 1. The van der Waals surface area contributed by atoms with E-state index in [0.29, 0.717) is 13.1 Å². The van der Waals surface area contributed by atoms with Crippen molar-refractivity contribution in [3.8, 4) is 12.3 Å². The SMILES string of the molecule is C#CCNCC(=O)N(C)Cc1nc2ccccc2s1. The van der Waals surface area contributed by atoms with Gasteiger partial charge in [0.2, 0.25) is 5.91 Å². The molecular formula is C14H15N3OS. The van der Waals surface area contributed by atoms with Crippen LogP contribution in [0.25, 0.3) is 10.2 Å². The Balaban J connectivity index is 1.96. The summed E-state index contributed by atoms with van der Waals surface area (Å²) >= 11 is 1.61. The van der Waals surface area contributed by atoms with Crippen molar-refractivity contribution in [2.45, 2.75) is 6.54 Å². The monoisotopic (exact) mass is 273 g/mol. The molecule has 0 aliphatic carbocycles. The molecule has 0 aliphatic rings. The number of carbonyl (C=O) groups excluding carboxylic acids is 1. The van der Waals surface area contributed by atoms with Crippen molar-refractivity contribution in [1.29, 1.82) is 0 Å². The Bertz CT molecular complexity index is 581. The zero-order valence-electron chi connectivity index (χ0n) is 10.7. The third kappa shape index (κ3) is 3.53. The van der Waals surface area contributed by atoms with Gasteiger partial charge in [-0.1, -0.05) is 18.1 Å². The van der Waals surface area contributed by atoms with E-state index in [0.717, 1.165) is 15.2 Å². The minimum atomic E-state index is 0.00880. The molecule has 5 heteroatoms. The maximum Gasteiger partial charge on any atom is 0.236 e. The highest BCUT2D eigenvalue weighted by Crippen LogP contribution is 2.22. The summed E-state index contributed by atoms with van der Waals surface area (Å²) in [5.74, 6) is 2.45. The quantitative estimate of drug-likeness (QED) is 0.663. The van der Waals surface area contributed by atoms with Crippen LogP contribution < -0.4 is 5.32 Å². The molecule has 1 aromatic carbocycles. The molecule has 0 aliphatic heterocycles. The Labute approximate surface area is 116 Å². The predicted molar refractivity (Wildman–Crippen MR) is 77.8 cm³/mol. The summed E-state index contributed by atoms with van der Waals surface area (Å²) in [6.07, 6.45) is 5.11. The van der Waals surface area contributed by atoms with Crippen LogP contribution in [-0.2, 0) is 11.3 Å². The number of aromatic nitrogens is 1. The van der Waals surface area contributed by atoms with E-state index >= 15 is 0 Å². The number of thiazole rings is 1. The summed E-state index contributed by atoms with van der Waals surface area (Å²) < 4.78 is 1.14. The van der Waals surface area contributed by atoms with Crippen molar-refractivity contribution in [2.24, 2.45) is 0 Å². The summed E-state index contributed by atoms with van der Waals surface area (Å²) in [4.78, 5) is 18.0. The van der Waals surface area contributed by atoms with Gasteiger partial charge in [-0.2, -0.15) is 0 Å². The number of nitrogens with zero attached hydrogens (tertiary/aromatic N) is 2. The number of nitrogens with one attached hydrogen (secondary N) is 1. The third-order valence-electron chi connectivity index (χ3n) is 2.64. The van der Waals surface area contributed by atoms with Gasteiger partial charge in [0, 0.05) is 7.05 Å². The number of hydrogen-bond donors (Lipinski definition) is 1. The van der Waals surface area contributed by atoms with Gasteiger partial charge in [0.05, 0.1) is 29.9 Å². The largest absolute Gasteiger partial charge is 0.338 e. The van der Waals surface area contributed by atoms with Crippen LogP contribution in [-0.4, -0.2) is 35.9 Å². The summed E-state index contributed by atoms with van der Waals surface area (Å²) in [7, 11) is 1.77. The van der Waals surface area contributed by atoms with Crippen LogP contribution in [0.1, 0.15) is 5.01 Å². The Morgan fingerprint density at radius 1 is 1.53 bits per heavy atom. The Kier molecular flexibility index (Phi) is 4.50. The second-order valence-electron chi connectivity index (χ2n) is 4.13. The smallest absolute Gasteiger partial charge is 0.236 e. The fourth-order valence-corrected chi connectivity index (χ4v) is 2.68. The van der Waals surface area contributed by atoms with Crippen LogP contribution in [0.2, 0.25) is 0 Å². The van der Waals surface area contributed by atoms with E-state index < -0.39 is 0 Å². The minimum absolute atomic E-state index is 0.00880. The summed E-state index contributed by atoms with van der Waals surface area (Å²) in [5, 5.41) is 3.82. The molecule has 19 heavy (non-hydrogen) atoms. The van der Waals surface area contributed by atoms with Crippen LogP contribution >= 0.6 is 11.3 Å². The summed E-state index contributed by atoms with van der Waals surface area (Å²) in [5.41, 5.74) is 0.980. The first-order valence-electron chi connectivity index (χ1n) is 5.93. The molecule has 0 spiro atoms. The number of hydrogen-bond acceptors (Lipinski definition) is 4. The van der Waals surface area contributed by atoms with Crippen LogP contribution in [0.15, 0.2) is 24.3 Å². The molecule has 0 unspecified atom stereocenters. The maximum atomic E-state index is 11.8. The Morgan fingerprint density at radius 3 is 3.05 bits per heavy atom. The lowest BCUT2D eigenvalue weighted by atomic mass is 10.3. The number of rotatable bonds is 5. The lowest BCUT2D eigenvalue weighted by Crippen LogP contribution is -2.35. The molecule has 0 saturated heterocycles. The van der Waals surface area contributed by atoms with Gasteiger partial charge in [-0.05, 0) is 12.1 Å². The third-order valence-corrected chi connectivity index (χ3v) is 3.66. The van der Waals surface area contributed by atoms with E-state index in [1.54, 1.807) is 23.3 Å². The molecule has 98 valence electrons. The van der Waals surface area contributed by atoms with Gasteiger partial charge in [0.15, 0.2) is 0 Å². The highest BCUT2D eigenvalue weighted by molar-refractivity contribution is 7.18. The van der Waals surface area contributed by atoms with Gasteiger partial charge in [0.25, 0.3) is 0 Å². The van der Waals surface area contributed by atoms with Crippen molar-refractivity contribution < 1.29 is 4.79 Å². The molecule has 2 aromatic rings. The average Bonchev–Trinajstić information content (AvgIpc) is 2.80. The van der Waals surface area contributed by atoms with Crippen LogP contribution in [0, 0.1) is 12.3 Å². The van der Waals surface area contributed by atoms with E-state index in [1.807, 2.05) is 24.3 Å². The maximum absolute atomic E-state index is 11.8. The molecular weight excluding hydrogens is 258 g/mol. The lowest BCUT2D eigenvalue weighted by molar-refractivity contribution is -0.129. The summed E-state index contributed by atoms with van der Waals surface area (Å²) in [6, 6.07) is 7.96. The van der Waals surface area contributed by atoms with E-state index in [-0.39, 0.29) is 12.5 Å². The molecule has 0 atom stereocenters. The van der Waals surface area contributed by atoms with E-state index in [4.69, 9.17) is 6.42 Å². The molecule has 1 heterocycles. The van der Waals surface area contributed by atoms with Gasteiger partial charge >= 0.3 is 0 Å². The van der Waals surface area contributed by atoms with Crippen molar-refractivity contribution in [3.63, 3.8) is 0 Å². The second-order valence-corrected chi connectivity index (χ2v) is 5.25. The molecule has 1 aromatic heterocycles. The predicted octanol–water partition coefficient (Wildman–Crippen LogP) is 1.48. The Hall–Kier alpha value is -1.90. The number of amides is 1. The highest BCUT2D eigenvalue weighted by Gasteiger charge is 2.11. The van der Waals surface area contributed by atoms with Crippen molar-refractivity contribution in [1.82, 2.24) is 15.2 Å². The number of fused-ring (bicyclic) bond motifs is 1. The molecule has 0 radical (unpaired) electrons. The topological polar surface area (TPSA) is 45.2 Å². The van der Waals surface area contributed by atoms with E-state index in [2.05, 4.69) is 16.2 Å². The molecule has 2 rings (SSSR count). The van der Waals surface area contributed by atoms with E-state index in [1.165, 1.54) is 0 Å². The first kappa shape index (κ1) is 13.5. The van der Waals surface area contributed by atoms with Gasteiger partial charge in [0.1, 0.15) is 5.01 Å². The number of para-hydroxylation sites is 1. The first-order valence-corrected chi connectivity index (χ1v) is 6.75. The fourth-order valence-electron chi connectivity index (χ4n) is 1.66. The molecule has 0 fully saturated rings. The minimum Gasteiger partial charge on any atom is -0.338 e. The molecule has 4 nitrogen and oxygen atoms in total. The molecule has 0 saturated carbocycles. The zero-order valence-corrected chi connectivity index (χ0v) is 11.5. The van der Waals surface area contributed by atoms with Crippen molar-refractivity contribution in [3.05, 3.63) is 29.3 Å². The zero-order chi connectivity index (χ0) is 13.7. The number of terminal acetylenes is 1. The number of benzene rings is 1. The average molecular weight is 273 g/mol. The normalized spacial score (nSPS) is 10.3. The molecule has 0 bridgehead atoms. The van der Waals surface area contributed by atoms with Crippen LogP contribution in [0.5, 0.6) is 0 Å². The van der Waals surface area contributed by atoms with Gasteiger partial charge < -0.3 is 4.90 Å². The second kappa shape index (κ2) is 6.32. The van der Waals surface area contributed by atoms with Gasteiger partial charge in [-0.3, -0.25) is 10.1 Å². The van der Waals surface area contributed by atoms with Crippen LogP contribution in [0.4, 0.5) is 0 Å². The first-order chi connectivity index (χ1) is 9.20. The lowest BCUT2D eigenvalue weighted by Gasteiger charge is -2.15. The standard InChI is InChI=1S/C14H15N3OS/c1-3-8-15-9-14(18)17(2)10-13-16-11-6-4-5-7-12(11)19-13/h1,4-7,15H,8-10H2,2H3.